The van der Waals surface area contributed by atoms with Crippen molar-refractivity contribution in [3.63, 3.8) is 0 Å². The highest BCUT2D eigenvalue weighted by Crippen LogP contribution is 2.11. The Morgan fingerprint density at radius 3 is 1.79 bits per heavy atom. The quantitative estimate of drug-likeness (QED) is 0.649. The zero-order valence-corrected chi connectivity index (χ0v) is 7.94. The normalized spacial score (nSPS) is 8.29. The molecule has 1 aromatic rings. The van der Waals surface area contributed by atoms with E-state index in [-0.39, 0.29) is 0 Å². The van der Waals surface area contributed by atoms with Crippen molar-refractivity contribution in [2.75, 3.05) is 0 Å². The predicted octanol–water partition coefficient (Wildman–Crippen LogP) is 4.59. The number of benzene rings is 1. The van der Waals surface area contributed by atoms with Crippen LogP contribution in [0.5, 0.6) is 0 Å². The van der Waals surface area contributed by atoms with Gasteiger partial charge in [0.25, 0.3) is 5.29 Å². The van der Waals surface area contributed by atoms with Crippen molar-refractivity contribution < 1.29 is 13.2 Å². The summed E-state index contributed by atoms with van der Waals surface area (Å²) in [5.74, 6) is 0. The van der Waals surface area contributed by atoms with E-state index < -0.39 is 11.4 Å². The maximum Gasteiger partial charge on any atom is 0.317 e. The third-order valence-electron chi connectivity index (χ3n) is 1.18. The van der Waals surface area contributed by atoms with Crippen molar-refractivity contribution in [3.05, 3.63) is 53.8 Å². The monoisotopic (exact) mass is 220 g/mol. The summed E-state index contributed by atoms with van der Waals surface area (Å²) in [4.78, 5) is 0. The van der Waals surface area contributed by atoms with Gasteiger partial charge in [-0.15, -0.1) is 0 Å². The minimum Gasteiger partial charge on any atom is -0.188 e. The van der Waals surface area contributed by atoms with Gasteiger partial charge in [0.05, 0.1) is 0 Å². The summed E-state index contributed by atoms with van der Waals surface area (Å²) in [6.07, 6.45) is -0.642. The van der Waals surface area contributed by atoms with Gasteiger partial charge in [-0.1, -0.05) is 43.0 Å². The summed E-state index contributed by atoms with van der Waals surface area (Å²) in [5, 5.41) is -1.94. The van der Waals surface area contributed by atoms with E-state index >= 15 is 0 Å². The fourth-order valence-electron chi connectivity index (χ4n) is 0.589. The molecule has 0 nitrogen and oxygen atoms in total. The van der Waals surface area contributed by atoms with Crippen molar-refractivity contribution in [3.8, 4) is 0 Å². The molecule has 0 aromatic heterocycles. The maximum absolute atomic E-state index is 10.7. The van der Waals surface area contributed by atoms with Gasteiger partial charge in [-0.05, 0) is 17.2 Å². The third-order valence-corrected chi connectivity index (χ3v) is 1.32. The summed E-state index contributed by atoms with van der Waals surface area (Å²) in [6.45, 7) is 3.63. The van der Waals surface area contributed by atoms with Gasteiger partial charge in [0.15, 0.2) is 0 Å². The summed E-state index contributed by atoms with van der Waals surface area (Å²) < 4.78 is 31.8. The molecule has 0 atom stereocenters. The zero-order valence-electron chi connectivity index (χ0n) is 7.18. The van der Waals surface area contributed by atoms with E-state index in [1.54, 1.807) is 0 Å². The highest BCUT2D eigenvalue weighted by molar-refractivity contribution is 6.28. The zero-order chi connectivity index (χ0) is 11.0. The van der Waals surface area contributed by atoms with E-state index in [0.717, 1.165) is 0 Å². The first-order valence-corrected chi connectivity index (χ1v) is 3.99. The topological polar surface area (TPSA) is 0 Å². The lowest BCUT2D eigenvalue weighted by Crippen LogP contribution is -1.63. The highest BCUT2D eigenvalue weighted by atomic mass is 35.5. The molecule has 0 aliphatic carbocycles. The molecule has 0 radical (unpaired) electrons. The Kier molecular flexibility index (Phi) is 6.58. The van der Waals surface area contributed by atoms with E-state index in [1.165, 1.54) is 5.56 Å². The fraction of sp³-hybridized carbons (Fsp3) is 0. The van der Waals surface area contributed by atoms with E-state index in [9.17, 15) is 13.2 Å². The van der Waals surface area contributed by atoms with Crippen LogP contribution >= 0.6 is 11.6 Å². The molecule has 0 amide bonds. The molecule has 0 saturated carbocycles. The second kappa shape index (κ2) is 7.21. The molecule has 0 N–H and O–H groups in total. The van der Waals surface area contributed by atoms with E-state index in [1.807, 2.05) is 36.4 Å². The molecule has 1 aromatic carbocycles. The smallest absolute Gasteiger partial charge is 0.188 e. The van der Waals surface area contributed by atoms with Gasteiger partial charge in [0.1, 0.15) is 0 Å². The minimum absolute atomic E-state index is 1.17. The molecule has 0 heterocycles. The average molecular weight is 221 g/mol. The summed E-state index contributed by atoms with van der Waals surface area (Å²) in [5.41, 5.74) is 1.17. The molecule has 0 aliphatic heterocycles. The van der Waals surface area contributed by atoms with Crippen molar-refractivity contribution in [2.45, 2.75) is 0 Å². The van der Waals surface area contributed by atoms with Crippen LogP contribution in [-0.2, 0) is 0 Å². The summed E-state index contributed by atoms with van der Waals surface area (Å²) >= 11 is 4.08. The Morgan fingerprint density at radius 1 is 1.14 bits per heavy atom. The molecule has 0 saturated heterocycles. The molecule has 0 aliphatic rings. The van der Waals surface area contributed by atoms with Crippen LogP contribution in [0.4, 0.5) is 13.2 Å². The van der Waals surface area contributed by atoms with Crippen LogP contribution in [0.3, 0.4) is 0 Å². The predicted molar refractivity (Wildman–Crippen MR) is 52.7 cm³/mol. The number of hydrogen-bond donors (Lipinski definition) is 0. The maximum atomic E-state index is 10.7. The third kappa shape index (κ3) is 6.31. The van der Waals surface area contributed by atoms with Crippen LogP contribution in [0, 0.1) is 0 Å². The van der Waals surface area contributed by atoms with Gasteiger partial charge in [-0.25, -0.2) is 0 Å². The summed E-state index contributed by atoms with van der Waals surface area (Å²) in [6, 6.07) is 10.0. The number of halogens is 4. The Labute approximate surface area is 85.3 Å². The summed E-state index contributed by atoms with van der Waals surface area (Å²) in [7, 11) is 0. The lowest BCUT2D eigenvalue weighted by atomic mass is 10.2. The second-order valence-corrected chi connectivity index (χ2v) is 2.47. The Balaban J connectivity index is 0.000000255. The standard InChI is InChI=1S/C8H8.C2ClF3/c1-2-8-6-4-3-5-7-8;3-1(4)2(5)6/h2-7H,1H2;. The van der Waals surface area contributed by atoms with Crippen LogP contribution in [0.2, 0.25) is 0 Å². The van der Waals surface area contributed by atoms with E-state index in [4.69, 9.17) is 0 Å². The molecule has 1 rings (SSSR count). The van der Waals surface area contributed by atoms with Crippen LogP contribution < -0.4 is 0 Å². The van der Waals surface area contributed by atoms with Gasteiger partial charge in [-0.2, -0.15) is 13.2 Å². The van der Waals surface area contributed by atoms with Crippen molar-refractivity contribution >= 4 is 17.7 Å². The Hall–Kier alpha value is -1.22. The molecular weight excluding hydrogens is 213 g/mol. The largest absolute Gasteiger partial charge is 0.317 e. The van der Waals surface area contributed by atoms with Gasteiger partial charge < -0.3 is 0 Å². The van der Waals surface area contributed by atoms with Crippen LogP contribution in [0.15, 0.2) is 48.3 Å². The van der Waals surface area contributed by atoms with Crippen LogP contribution in [0.25, 0.3) is 6.08 Å². The Morgan fingerprint density at radius 2 is 1.57 bits per heavy atom. The molecular formula is C10H8ClF3. The van der Waals surface area contributed by atoms with E-state index in [2.05, 4.69) is 18.2 Å². The number of rotatable bonds is 1. The highest BCUT2D eigenvalue weighted by Gasteiger charge is 1.95. The lowest BCUT2D eigenvalue weighted by molar-refractivity contribution is 0.393. The molecule has 0 bridgehead atoms. The SMILES string of the molecule is C=Cc1ccccc1.FC(F)=C(F)Cl. The van der Waals surface area contributed by atoms with Crippen LogP contribution in [-0.4, -0.2) is 0 Å². The lowest BCUT2D eigenvalue weighted by Gasteiger charge is -1.85. The van der Waals surface area contributed by atoms with Gasteiger partial charge >= 0.3 is 6.08 Å². The van der Waals surface area contributed by atoms with E-state index in [0.29, 0.717) is 0 Å². The van der Waals surface area contributed by atoms with Crippen LogP contribution in [0.1, 0.15) is 5.56 Å². The Bertz CT molecular complexity index is 288. The van der Waals surface area contributed by atoms with Crippen molar-refractivity contribution in [2.24, 2.45) is 0 Å². The first kappa shape index (κ1) is 12.8. The average Bonchev–Trinajstić information content (AvgIpc) is 2.20. The van der Waals surface area contributed by atoms with Gasteiger partial charge in [0.2, 0.25) is 0 Å². The molecule has 4 heteroatoms. The molecule has 76 valence electrons. The first-order valence-electron chi connectivity index (χ1n) is 3.61. The second-order valence-electron chi connectivity index (χ2n) is 2.14. The number of hydrogen-bond acceptors (Lipinski definition) is 0. The molecule has 0 spiro atoms. The molecule has 14 heavy (non-hydrogen) atoms. The van der Waals surface area contributed by atoms with Gasteiger partial charge in [0, 0.05) is 0 Å². The molecule has 0 unspecified atom stereocenters. The minimum atomic E-state index is -2.48. The fourth-order valence-corrected chi connectivity index (χ4v) is 0.589. The first-order chi connectivity index (χ1) is 6.57. The van der Waals surface area contributed by atoms with Crippen molar-refractivity contribution in [1.29, 1.82) is 0 Å². The molecule has 0 fully saturated rings. The van der Waals surface area contributed by atoms with Gasteiger partial charge in [-0.3, -0.25) is 0 Å². The van der Waals surface area contributed by atoms with Crippen molar-refractivity contribution in [1.82, 2.24) is 0 Å².